The zero-order chi connectivity index (χ0) is 23.5. The zero-order valence-electron chi connectivity index (χ0n) is 19.1. The van der Waals surface area contributed by atoms with Crippen LogP contribution in [0, 0.1) is 13.8 Å². The molecule has 3 aromatic rings. The highest BCUT2D eigenvalue weighted by Gasteiger charge is 2.41. The first-order valence-electron chi connectivity index (χ1n) is 10.8. The average Bonchev–Trinajstić information content (AvgIpc) is 3.03. The van der Waals surface area contributed by atoms with Gasteiger partial charge in [0.05, 0.1) is 25.0 Å². The number of rotatable bonds is 7. The predicted octanol–water partition coefficient (Wildman–Crippen LogP) is 5.11. The van der Waals surface area contributed by atoms with Crippen molar-refractivity contribution in [2.24, 2.45) is 0 Å². The van der Waals surface area contributed by atoms with E-state index in [-0.39, 0.29) is 5.70 Å². The number of anilines is 2. The Bertz CT molecular complexity index is 1220. The van der Waals surface area contributed by atoms with E-state index in [0.29, 0.717) is 34.9 Å². The number of carbonyl (C=O) groups is 2. The normalized spacial score (nSPS) is 13.5. The summed E-state index contributed by atoms with van der Waals surface area (Å²) >= 11 is 0. The number of aryl methyl sites for hydroxylation is 2. The molecule has 0 saturated carbocycles. The number of hydrogen-bond donors (Lipinski definition) is 1. The summed E-state index contributed by atoms with van der Waals surface area (Å²) in [4.78, 5) is 28.4. The Morgan fingerprint density at radius 1 is 0.879 bits per heavy atom. The van der Waals surface area contributed by atoms with Crippen LogP contribution in [-0.2, 0) is 9.59 Å². The maximum Gasteiger partial charge on any atom is 0.282 e. The number of amides is 2. The monoisotopic (exact) mass is 442 g/mol. The van der Waals surface area contributed by atoms with Gasteiger partial charge in [0, 0.05) is 5.69 Å². The van der Waals surface area contributed by atoms with E-state index in [4.69, 9.17) is 9.47 Å². The number of benzene rings is 3. The van der Waals surface area contributed by atoms with Crippen LogP contribution in [-0.4, -0.2) is 25.5 Å². The topological polar surface area (TPSA) is 67.9 Å². The number of carbonyl (C=O) groups excluding carboxylic acids is 2. The molecule has 0 aromatic heterocycles. The second-order valence-corrected chi connectivity index (χ2v) is 7.83. The van der Waals surface area contributed by atoms with Gasteiger partial charge in [0.25, 0.3) is 11.8 Å². The lowest BCUT2D eigenvalue weighted by Crippen LogP contribution is -2.32. The van der Waals surface area contributed by atoms with Crippen molar-refractivity contribution >= 4 is 28.8 Å². The number of methoxy groups -OCH3 is 1. The number of ether oxygens (including phenoxy) is 2. The fourth-order valence-corrected chi connectivity index (χ4v) is 4.02. The van der Waals surface area contributed by atoms with Gasteiger partial charge in [-0.05, 0) is 73.9 Å². The molecule has 1 N–H and O–H groups in total. The minimum atomic E-state index is -0.437. The Hall–Kier alpha value is -4.06. The first kappa shape index (κ1) is 22.1. The van der Waals surface area contributed by atoms with Gasteiger partial charge in [0.15, 0.2) is 0 Å². The van der Waals surface area contributed by atoms with E-state index >= 15 is 0 Å². The van der Waals surface area contributed by atoms with E-state index in [1.807, 2.05) is 32.9 Å². The fraction of sp³-hybridized carbons (Fsp3) is 0.185. The Morgan fingerprint density at radius 3 is 2.18 bits per heavy atom. The highest BCUT2D eigenvalue weighted by molar-refractivity contribution is 6.46. The Balaban J connectivity index is 1.83. The van der Waals surface area contributed by atoms with E-state index in [1.165, 1.54) is 7.11 Å². The third-order valence-electron chi connectivity index (χ3n) is 5.36. The van der Waals surface area contributed by atoms with Crippen LogP contribution in [0.2, 0.25) is 0 Å². The smallest absolute Gasteiger partial charge is 0.282 e. The van der Waals surface area contributed by atoms with Gasteiger partial charge in [-0.1, -0.05) is 30.3 Å². The molecule has 3 aromatic carbocycles. The van der Waals surface area contributed by atoms with Gasteiger partial charge in [-0.2, -0.15) is 0 Å². The summed E-state index contributed by atoms with van der Waals surface area (Å²) < 4.78 is 11.0. The van der Waals surface area contributed by atoms with Crippen molar-refractivity contribution in [3.63, 3.8) is 0 Å². The minimum absolute atomic E-state index is 0.222. The highest BCUT2D eigenvalue weighted by Crippen LogP contribution is 2.38. The van der Waals surface area contributed by atoms with E-state index in [9.17, 15) is 9.59 Å². The third kappa shape index (κ3) is 4.32. The molecule has 1 heterocycles. The third-order valence-corrected chi connectivity index (χ3v) is 5.36. The van der Waals surface area contributed by atoms with Gasteiger partial charge in [0.1, 0.15) is 17.2 Å². The maximum atomic E-state index is 13.7. The highest BCUT2D eigenvalue weighted by atomic mass is 16.5. The number of para-hydroxylation sites is 2. The SMILES string of the molecule is CCOc1ccc(C2=C(Nc3cc(C)cc(C)c3)C(=O)N(c3ccccc3OC)C2=O)cc1. The van der Waals surface area contributed by atoms with Gasteiger partial charge in [0.2, 0.25) is 0 Å². The molecule has 1 aliphatic rings. The van der Waals surface area contributed by atoms with Crippen molar-refractivity contribution in [1.29, 1.82) is 0 Å². The number of imide groups is 1. The zero-order valence-corrected chi connectivity index (χ0v) is 19.1. The van der Waals surface area contributed by atoms with Crippen molar-refractivity contribution in [2.45, 2.75) is 20.8 Å². The van der Waals surface area contributed by atoms with Gasteiger partial charge in [-0.15, -0.1) is 0 Å². The van der Waals surface area contributed by atoms with E-state index in [1.54, 1.807) is 48.5 Å². The lowest BCUT2D eigenvalue weighted by atomic mass is 10.0. The molecule has 6 nitrogen and oxygen atoms in total. The molecule has 0 saturated heterocycles. The molecule has 6 heteroatoms. The molecule has 0 spiro atoms. The lowest BCUT2D eigenvalue weighted by molar-refractivity contribution is -0.120. The first-order valence-corrected chi connectivity index (χ1v) is 10.8. The predicted molar refractivity (Wildman–Crippen MR) is 130 cm³/mol. The lowest BCUT2D eigenvalue weighted by Gasteiger charge is -2.18. The summed E-state index contributed by atoms with van der Waals surface area (Å²) in [6.45, 7) is 6.43. The van der Waals surface area contributed by atoms with Crippen molar-refractivity contribution < 1.29 is 19.1 Å². The van der Waals surface area contributed by atoms with Gasteiger partial charge < -0.3 is 14.8 Å². The molecule has 4 rings (SSSR count). The number of hydrogen-bond acceptors (Lipinski definition) is 5. The van der Waals surface area contributed by atoms with Gasteiger partial charge >= 0.3 is 0 Å². The molecule has 0 fully saturated rings. The summed E-state index contributed by atoms with van der Waals surface area (Å²) in [5.41, 5.74) is 4.40. The molecule has 2 amide bonds. The van der Waals surface area contributed by atoms with Crippen molar-refractivity contribution in [1.82, 2.24) is 0 Å². The van der Waals surface area contributed by atoms with Crippen LogP contribution in [0.5, 0.6) is 11.5 Å². The number of nitrogens with zero attached hydrogens (tertiary/aromatic N) is 1. The number of nitrogens with one attached hydrogen (secondary N) is 1. The maximum absolute atomic E-state index is 13.7. The van der Waals surface area contributed by atoms with Crippen molar-refractivity contribution in [3.05, 3.63) is 89.1 Å². The van der Waals surface area contributed by atoms with E-state index < -0.39 is 11.8 Å². The molecule has 0 aliphatic carbocycles. The second kappa shape index (κ2) is 9.20. The van der Waals surface area contributed by atoms with Crippen LogP contribution in [0.4, 0.5) is 11.4 Å². The van der Waals surface area contributed by atoms with Crippen LogP contribution in [0.25, 0.3) is 5.57 Å². The average molecular weight is 443 g/mol. The first-order chi connectivity index (χ1) is 15.9. The van der Waals surface area contributed by atoms with E-state index in [0.717, 1.165) is 21.7 Å². The largest absolute Gasteiger partial charge is 0.495 e. The van der Waals surface area contributed by atoms with Crippen LogP contribution >= 0.6 is 0 Å². The fourth-order valence-electron chi connectivity index (χ4n) is 4.02. The second-order valence-electron chi connectivity index (χ2n) is 7.83. The Kier molecular flexibility index (Phi) is 6.18. The minimum Gasteiger partial charge on any atom is -0.495 e. The van der Waals surface area contributed by atoms with Gasteiger partial charge in [-0.25, -0.2) is 4.90 Å². The molecule has 33 heavy (non-hydrogen) atoms. The molecular formula is C27H26N2O4. The molecule has 0 bridgehead atoms. The van der Waals surface area contributed by atoms with Gasteiger partial charge in [-0.3, -0.25) is 9.59 Å². The van der Waals surface area contributed by atoms with E-state index in [2.05, 4.69) is 11.4 Å². The molecule has 0 atom stereocenters. The molecule has 1 aliphatic heterocycles. The summed E-state index contributed by atoms with van der Waals surface area (Å²) in [5.74, 6) is 0.287. The Labute approximate surface area is 193 Å². The quantitative estimate of drug-likeness (QED) is 0.515. The summed E-state index contributed by atoms with van der Waals surface area (Å²) in [6, 6.07) is 20.1. The van der Waals surface area contributed by atoms with Crippen LogP contribution in [0.3, 0.4) is 0 Å². The standard InChI is InChI=1S/C27H26N2O4/c1-5-33-21-12-10-19(11-13-21)24-25(28-20-15-17(2)14-18(3)16-20)27(31)29(26(24)30)22-8-6-7-9-23(22)32-4/h6-16,28H,5H2,1-4H3. The van der Waals surface area contributed by atoms with Crippen molar-refractivity contribution in [2.75, 3.05) is 23.9 Å². The summed E-state index contributed by atoms with van der Waals surface area (Å²) in [5, 5.41) is 3.22. The summed E-state index contributed by atoms with van der Waals surface area (Å²) in [7, 11) is 1.51. The van der Waals surface area contributed by atoms with Crippen LogP contribution < -0.4 is 19.7 Å². The Morgan fingerprint density at radius 2 is 1.55 bits per heavy atom. The van der Waals surface area contributed by atoms with Crippen LogP contribution in [0.1, 0.15) is 23.6 Å². The molecule has 168 valence electrons. The van der Waals surface area contributed by atoms with Crippen LogP contribution in [0.15, 0.2) is 72.4 Å². The molecular weight excluding hydrogens is 416 g/mol. The molecule has 0 radical (unpaired) electrons. The van der Waals surface area contributed by atoms with Crippen molar-refractivity contribution in [3.8, 4) is 11.5 Å². The molecule has 0 unspecified atom stereocenters. The summed E-state index contributed by atoms with van der Waals surface area (Å²) in [6.07, 6.45) is 0.